The summed E-state index contributed by atoms with van der Waals surface area (Å²) in [6, 6.07) is 13.2. The second kappa shape index (κ2) is 11.0. The number of H-pyrrole nitrogens is 1. The molecule has 10 heteroatoms. The molecule has 4 rings (SSSR count). The summed E-state index contributed by atoms with van der Waals surface area (Å²) in [4.78, 5) is 20.1. The average molecular weight is 528 g/mol. The Bertz CT molecular complexity index is 1450. The Kier molecular flexibility index (Phi) is 7.77. The van der Waals surface area contributed by atoms with E-state index in [0.717, 1.165) is 16.5 Å². The zero-order valence-corrected chi connectivity index (χ0v) is 21.0. The van der Waals surface area contributed by atoms with Gasteiger partial charge >= 0.3 is 5.51 Å². The van der Waals surface area contributed by atoms with Crippen molar-refractivity contribution < 1.29 is 27.4 Å². The van der Waals surface area contributed by atoms with E-state index in [1.54, 1.807) is 50.9 Å². The first kappa shape index (κ1) is 26.2. The molecule has 0 saturated carbocycles. The van der Waals surface area contributed by atoms with Gasteiger partial charge in [0.15, 0.2) is 11.5 Å². The predicted octanol–water partition coefficient (Wildman–Crippen LogP) is 6.75. The molecule has 0 aliphatic rings. The van der Waals surface area contributed by atoms with Crippen molar-refractivity contribution in [1.82, 2.24) is 15.3 Å². The molecule has 2 heterocycles. The Morgan fingerprint density at radius 3 is 2.59 bits per heavy atom. The molecular formula is C27H24F3N3O3S. The molecule has 6 nitrogen and oxygen atoms in total. The van der Waals surface area contributed by atoms with E-state index in [9.17, 15) is 18.0 Å². The molecule has 37 heavy (non-hydrogen) atoms. The van der Waals surface area contributed by atoms with Crippen molar-refractivity contribution in [2.24, 2.45) is 0 Å². The summed E-state index contributed by atoms with van der Waals surface area (Å²) in [5.41, 5.74) is -0.912. The van der Waals surface area contributed by atoms with E-state index in [-0.39, 0.29) is 28.6 Å². The number of aromatic nitrogens is 2. The highest BCUT2D eigenvalue weighted by Crippen LogP contribution is 2.38. The summed E-state index contributed by atoms with van der Waals surface area (Å²) in [7, 11) is 3.11. The lowest BCUT2D eigenvalue weighted by atomic mass is 10.1. The number of hydrogen-bond donors (Lipinski definition) is 2. The number of benzene rings is 2. The zero-order valence-electron chi connectivity index (χ0n) is 20.2. The fourth-order valence-corrected chi connectivity index (χ4v) is 4.42. The minimum Gasteiger partial charge on any atom is -0.493 e. The van der Waals surface area contributed by atoms with Crippen molar-refractivity contribution in [1.29, 1.82) is 0 Å². The number of alkyl halides is 3. The molecule has 2 aromatic heterocycles. The van der Waals surface area contributed by atoms with Crippen LogP contribution in [0.3, 0.4) is 0 Å². The minimum absolute atomic E-state index is 0.0968. The van der Waals surface area contributed by atoms with E-state index in [1.807, 2.05) is 25.1 Å². The van der Waals surface area contributed by atoms with Crippen LogP contribution in [0.2, 0.25) is 0 Å². The molecule has 2 aromatic carbocycles. The highest BCUT2D eigenvalue weighted by Gasteiger charge is 2.29. The first-order valence-electron chi connectivity index (χ1n) is 11.2. The topological polar surface area (TPSA) is 76.2 Å². The number of fused-ring (bicyclic) bond motifs is 1. The second-order valence-corrected chi connectivity index (χ2v) is 9.26. The van der Waals surface area contributed by atoms with E-state index in [1.165, 1.54) is 18.2 Å². The number of methoxy groups -OCH3 is 2. The second-order valence-electron chi connectivity index (χ2n) is 8.12. The fourth-order valence-electron chi connectivity index (χ4n) is 3.82. The summed E-state index contributed by atoms with van der Waals surface area (Å²) in [5.74, 6) is 0.877. The van der Waals surface area contributed by atoms with Gasteiger partial charge in [-0.1, -0.05) is 18.2 Å². The highest BCUT2D eigenvalue weighted by atomic mass is 32.2. The maximum absolute atomic E-state index is 12.8. The summed E-state index contributed by atoms with van der Waals surface area (Å²) in [5, 5.41) is 3.65. The normalized spacial score (nSPS) is 12.6. The summed E-state index contributed by atoms with van der Waals surface area (Å²) in [6.45, 7) is 1.86. The Morgan fingerprint density at radius 2 is 1.86 bits per heavy atom. The number of amides is 1. The van der Waals surface area contributed by atoms with Crippen LogP contribution in [-0.2, 0) is 4.79 Å². The standard InChI is InChI=1S/C27H24F3N3O3S/c1-16(17-7-9-23(35-2)24(13-17)36-3)33-25(34)10-8-19-14-31-26-22(19)12-20(15-32-26)18-5-4-6-21(11-18)37-27(28,29)30/h4-16H,1-3H3,(H,31,32)(H,33,34)/b10-8+/t16-/m1/s1. The average Bonchev–Trinajstić information content (AvgIpc) is 3.28. The third-order valence-corrected chi connectivity index (χ3v) is 6.37. The van der Waals surface area contributed by atoms with Gasteiger partial charge in [-0.25, -0.2) is 4.98 Å². The molecular weight excluding hydrogens is 503 g/mol. The number of carbonyl (C=O) groups is 1. The van der Waals surface area contributed by atoms with Crippen molar-refractivity contribution >= 4 is 34.8 Å². The first-order chi connectivity index (χ1) is 17.7. The monoisotopic (exact) mass is 527 g/mol. The Balaban J connectivity index is 1.51. The largest absolute Gasteiger partial charge is 0.493 e. The zero-order chi connectivity index (χ0) is 26.6. The van der Waals surface area contributed by atoms with Crippen LogP contribution in [0.1, 0.15) is 24.1 Å². The molecule has 2 N–H and O–H groups in total. The minimum atomic E-state index is -4.36. The lowest BCUT2D eigenvalue weighted by molar-refractivity contribution is -0.117. The molecule has 192 valence electrons. The number of nitrogens with zero attached hydrogens (tertiary/aromatic N) is 1. The quantitative estimate of drug-likeness (QED) is 0.196. The van der Waals surface area contributed by atoms with Crippen LogP contribution in [0.4, 0.5) is 13.2 Å². The van der Waals surface area contributed by atoms with Gasteiger partial charge < -0.3 is 19.8 Å². The molecule has 0 saturated heterocycles. The van der Waals surface area contributed by atoms with Gasteiger partial charge in [0.1, 0.15) is 5.65 Å². The van der Waals surface area contributed by atoms with Gasteiger partial charge in [-0.2, -0.15) is 13.2 Å². The maximum atomic E-state index is 12.8. The molecule has 0 bridgehead atoms. The number of thioether (sulfide) groups is 1. The number of nitrogens with one attached hydrogen (secondary N) is 2. The summed E-state index contributed by atoms with van der Waals surface area (Å²) in [6.07, 6.45) is 6.41. The fraction of sp³-hybridized carbons (Fsp3) is 0.185. The van der Waals surface area contributed by atoms with E-state index >= 15 is 0 Å². The lowest BCUT2D eigenvalue weighted by Crippen LogP contribution is -2.24. The van der Waals surface area contributed by atoms with Crippen LogP contribution < -0.4 is 14.8 Å². The Hall–Kier alpha value is -3.92. The van der Waals surface area contributed by atoms with E-state index in [0.29, 0.717) is 28.3 Å². The first-order valence-corrected chi connectivity index (χ1v) is 12.0. The van der Waals surface area contributed by atoms with Gasteiger partial charge in [0, 0.05) is 39.9 Å². The van der Waals surface area contributed by atoms with Crippen molar-refractivity contribution in [2.75, 3.05) is 14.2 Å². The number of hydrogen-bond acceptors (Lipinski definition) is 5. The van der Waals surface area contributed by atoms with Crippen molar-refractivity contribution in [2.45, 2.75) is 23.4 Å². The van der Waals surface area contributed by atoms with Crippen molar-refractivity contribution in [3.8, 4) is 22.6 Å². The SMILES string of the molecule is COc1ccc([C@@H](C)NC(=O)/C=C/c2c[nH]c3ncc(-c4cccc(SC(F)(F)F)c4)cc23)cc1OC. The van der Waals surface area contributed by atoms with Crippen LogP contribution in [0.5, 0.6) is 11.5 Å². The van der Waals surface area contributed by atoms with Gasteiger partial charge in [0.05, 0.1) is 20.3 Å². The van der Waals surface area contributed by atoms with Gasteiger partial charge in [0.25, 0.3) is 0 Å². The van der Waals surface area contributed by atoms with Crippen LogP contribution in [0, 0.1) is 0 Å². The summed E-state index contributed by atoms with van der Waals surface area (Å²) >= 11 is -0.159. The van der Waals surface area contributed by atoms with E-state index < -0.39 is 5.51 Å². The third-order valence-electron chi connectivity index (χ3n) is 5.64. The Morgan fingerprint density at radius 1 is 1.08 bits per heavy atom. The summed E-state index contributed by atoms with van der Waals surface area (Å²) < 4.78 is 48.9. The number of pyridine rings is 1. The highest BCUT2D eigenvalue weighted by molar-refractivity contribution is 8.00. The van der Waals surface area contributed by atoms with Crippen molar-refractivity contribution in [3.63, 3.8) is 0 Å². The molecule has 1 amide bonds. The molecule has 4 aromatic rings. The molecule has 0 aliphatic heterocycles. The Labute approximate surface area is 215 Å². The van der Waals surface area contributed by atoms with Crippen molar-refractivity contribution in [3.05, 3.63) is 78.1 Å². The number of rotatable bonds is 8. The molecule has 0 spiro atoms. The smallest absolute Gasteiger partial charge is 0.446 e. The maximum Gasteiger partial charge on any atom is 0.446 e. The molecule has 0 unspecified atom stereocenters. The van der Waals surface area contributed by atoms with E-state index in [4.69, 9.17) is 9.47 Å². The number of aromatic amines is 1. The van der Waals surface area contributed by atoms with Crippen LogP contribution >= 0.6 is 11.8 Å². The molecule has 0 radical (unpaired) electrons. The number of halogens is 3. The third kappa shape index (κ3) is 6.45. The predicted molar refractivity (Wildman–Crippen MR) is 139 cm³/mol. The van der Waals surface area contributed by atoms with Gasteiger partial charge in [-0.15, -0.1) is 0 Å². The molecule has 1 atom stereocenters. The van der Waals surface area contributed by atoms with Crippen LogP contribution in [0.15, 0.2) is 71.9 Å². The molecule has 0 fully saturated rings. The van der Waals surface area contributed by atoms with Gasteiger partial charge in [-0.05, 0) is 66.2 Å². The lowest BCUT2D eigenvalue weighted by Gasteiger charge is -2.15. The number of ether oxygens (including phenoxy) is 2. The van der Waals surface area contributed by atoms with E-state index in [2.05, 4.69) is 15.3 Å². The number of carbonyl (C=O) groups excluding carboxylic acids is 1. The van der Waals surface area contributed by atoms with Crippen LogP contribution in [0.25, 0.3) is 28.2 Å². The molecule has 0 aliphatic carbocycles. The van der Waals surface area contributed by atoms with Gasteiger partial charge in [-0.3, -0.25) is 4.79 Å². The van der Waals surface area contributed by atoms with Crippen LogP contribution in [-0.4, -0.2) is 35.6 Å². The van der Waals surface area contributed by atoms with Gasteiger partial charge in [0.2, 0.25) is 5.91 Å².